The first kappa shape index (κ1) is 19.2. The number of halogens is 2. The zero-order valence-electron chi connectivity index (χ0n) is 17.7. The van der Waals surface area contributed by atoms with Crippen LogP contribution >= 0.6 is 0 Å². The minimum atomic E-state index is -0.542. The SMILES string of the molecule is Cc1c(F)cc(-c2ccc3oc4ccc(-c5nccc6c5CCCC6)cc4c3c2)cc1F. The van der Waals surface area contributed by atoms with E-state index in [1.54, 1.807) is 0 Å². The molecule has 1 aliphatic carbocycles. The molecule has 0 bridgehead atoms. The van der Waals surface area contributed by atoms with E-state index in [1.807, 2.05) is 30.5 Å². The maximum absolute atomic E-state index is 14.1. The van der Waals surface area contributed by atoms with Gasteiger partial charge in [0.2, 0.25) is 0 Å². The van der Waals surface area contributed by atoms with Crippen LogP contribution in [0.4, 0.5) is 8.78 Å². The Morgan fingerprint density at radius 3 is 2.16 bits per heavy atom. The van der Waals surface area contributed by atoms with Gasteiger partial charge in [-0.1, -0.05) is 6.07 Å². The summed E-state index contributed by atoms with van der Waals surface area (Å²) in [4.78, 5) is 4.71. The van der Waals surface area contributed by atoms with Gasteiger partial charge in [0.05, 0.1) is 5.69 Å². The van der Waals surface area contributed by atoms with E-state index in [1.165, 1.54) is 43.0 Å². The van der Waals surface area contributed by atoms with Gasteiger partial charge in [0.15, 0.2) is 0 Å². The fourth-order valence-corrected chi connectivity index (χ4v) is 4.83. The lowest BCUT2D eigenvalue weighted by molar-refractivity contribution is 0.569. The van der Waals surface area contributed by atoms with E-state index in [0.717, 1.165) is 51.6 Å². The van der Waals surface area contributed by atoms with Crippen LogP contribution in [-0.4, -0.2) is 4.98 Å². The quantitative estimate of drug-likeness (QED) is 0.289. The van der Waals surface area contributed by atoms with Crippen molar-refractivity contribution in [3.05, 3.63) is 89.1 Å². The molecule has 0 aliphatic heterocycles. The molecular weight excluding hydrogens is 404 g/mol. The van der Waals surface area contributed by atoms with Crippen molar-refractivity contribution in [3.8, 4) is 22.4 Å². The number of rotatable bonds is 2. The van der Waals surface area contributed by atoms with Gasteiger partial charge in [0.25, 0.3) is 0 Å². The van der Waals surface area contributed by atoms with Crippen molar-refractivity contribution in [3.63, 3.8) is 0 Å². The smallest absolute Gasteiger partial charge is 0.135 e. The molecule has 0 N–H and O–H groups in total. The Morgan fingerprint density at radius 2 is 1.41 bits per heavy atom. The Hall–Kier alpha value is -3.53. The lowest BCUT2D eigenvalue weighted by atomic mass is 9.89. The van der Waals surface area contributed by atoms with Crippen LogP contribution in [0.2, 0.25) is 0 Å². The molecule has 2 nitrogen and oxygen atoms in total. The summed E-state index contributed by atoms with van der Waals surface area (Å²) in [5.41, 5.74) is 7.67. The molecule has 0 fully saturated rings. The molecule has 0 amide bonds. The highest BCUT2D eigenvalue weighted by atomic mass is 19.1. The van der Waals surface area contributed by atoms with Gasteiger partial charge in [-0.25, -0.2) is 8.78 Å². The minimum Gasteiger partial charge on any atom is -0.456 e. The molecule has 3 aromatic carbocycles. The number of benzene rings is 3. The first-order valence-corrected chi connectivity index (χ1v) is 11.0. The van der Waals surface area contributed by atoms with Gasteiger partial charge in [0.1, 0.15) is 22.8 Å². The van der Waals surface area contributed by atoms with E-state index >= 15 is 0 Å². The molecule has 32 heavy (non-hydrogen) atoms. The highest BCUT2D eigenvalue weighted by Gasteiger charge is 2.17. The number of furan rings is 1. The second-order valence-electron chi connectivity index (χ2n) is 8.59. The number of pyridine rings is 1. The Labute approximate surface area is 184 Å². The van der Waals surface area contributed by atoms with E-state index in [0.29, 0.717) is 5.56 Å². The molecule has 0 unspecified atom stereocenters. The van der Waals surface area contributed by atoms with Gasteiger partial charge < -0.3 is 4.42 Å². The number of hydrogen-bond donors (Lipinski definition) is 0. The summed E-state index contributed by atoms with van der Waals surface area (Å²) in [5.74, 6) is -1.08. The van der Waals surface area contributed by atoms with Crippen LogP contribution in [-0.2, 0) is 12.8 Å². The topological polar surface area (TPSA) is 26.0 Å². The number of nitrogens with zero attached hydrogens (tertiary/aromatic N) is 1. The third kappa shape index (κ3) is 3.01. The van der Waals surface area contributed by atoms with Crippen LogP contribution < -0.4 is 0 Å². The molecule has 158 valence electrons. The van der Waals surface area contributed by atoms with E-state index in [9.17, 15) is 8.78 Å². The Bertz CT molecular complexity index is 1490. The van der Waals surface area contributed by atoms with Gasteiger partial charge in [-0.15, -0.1) is 0 Å². The number of aromatic nitrogens is 1. The van der Waals surface area contributed by atoms with Crippen molar-refractivity contribution in [1.82, 2.24) is 4.98 Å². The Morgan fingerprint density at radius 1 is 0.750 bits per heavy atom. The molecule has 6 rings (SSSR count). The fraction of sp³-hybridized carbons (Fsp3) is 0.179. The zero-order valence-corrected chi connectivity index (χ0v) is 17.7. The Balaban J connectivity index is 1.53. The molecular formula is C28H21F2NO. The van der Waals surface area contributed by atoms with Crippen LogP contribution in [0, 0.1) is 18.6 Å². The summed E-state index contributed by atoms with van der Waals surface area (Å²) in [6.45, 7) is 1.44. The van der Waals surface area contributed by atoms with Gasteiger partial charge >= 0.3 is 0 Å². The second kappa shape index (κ2) is 7.27. The third-order valence-electron chi connectivity index (χ3n) is 6.63. The lowest BCUT2D eigenvalue weighted by Gasteiger charge is -2.18. The largest absolute Gasteiger partial charge is 0.456 e. The van der Waals surface area contributed by atoms with E-state index in [4.69, 9.17) is 9.40 Å². The van der Waals surface area contributed by atoms with Crippen LogP contribution in [0.5, 0.6) is 0 Å². The number of hydrogen-bond acceptors (Lipinski definition) is 2. The summed E-state index contributed by atoms with van der Waals surface area (Å²) < 4.78 is 34.3. The molecule has 0 saturated carbocycles. The highest BCUT2D eigenvalue weighted by Crippen LogP contribution is 2.37. The molecule has 5 aromatic rings. The standard InChI is InChI=1S/C28H21F2NO/c1-16-24(29)14-20(15-25(16)30)18-6-8-26-22(12-18)23-13-19(7-9-27(23)32-26)28-21-5-3-2-4-17(21)10-11-31-28/h6-15H,2-5H2,1H3. The van der Waals surface area contributed by atoms with Gasteiger partial charge in [-0.3, -0.25) is 4.98 Å². The summed E-state index contributed by atoms with van der Waals surface area (Å²) in [5, 5.41) is 1.90. The molecule has 1 aliphatic rings. The minimum absolute atomic E-state index is 0.0342. The van der Waals surface area contributed by atoms with Crippen molar-refractivity contribution >= 4 is 21.9 Å². The fourth-order valence-electron chi connectivity index (χ4n) is 4.83. The maximum atomic E-state index is 14.1. The molecule has 2 aromatic heterocycles. The van der Waals surface area contributed by atoms with Crippen molar-refractivity contribution in [2.75, 3.05) is 0 Å². The van der Waals surface area contributed by atoms with Gasteiger partial charge in [-0.05, 0) is 103 Å². The predicted molar refractivity (Wildman–Crippen MR) is 124 cm³/mol. The van der Waals surface area contributed by atoms with Crippen LogP contribution in [0.1, 0.15) is 29.5 Å². The molecule has 0 radical (unpaired) electrons. The monoisotopic (exact) mass is 425 g/mol. The first-order valence-electron chi connectivity index (χ1n) is 11.0. The molecule has 4 heteroatoms. The van der Waals surface area contributed by atoms with Crippen molar-refractivity contribution in [1.29, 1.82) is 0 Å². The van der Waals surface area contributed by atoms with Crippen LogP contribution in [0.25, 0.3) is 44.3 Å². The number of fused-ring (bicyclic) bond motifs is 4. The summed E-state index contributed by atoms with van der Waals surface area (Å²) in [6.07, 6.45) is 6.47. The molecule has 0 atom stereocenters. The van der Waals surface area contributed by atoms with Crippen molar-refractivity contribution in [2.24, 2.45) is 0 Å². The summed E-state index contributed by atoms with van der Waals surface area (Å²) in [7, 11) is 0. The first-order chi connectivity index (χ1) is 15.6. The maximum Gasteiger partial charge on any atom is 0.135 e. The average Bonchev–Trinajstić information content (AvgIpc) is 3.19. The summed E-state index contributed by atoms with van der Waals surface area (Å²) in [6, 6.07) is 16.7. The van der Waals surface area contributed by atoms with Crippen molar-refractivity contribution in [2.45, 2.75) is 32.6 Å². The normalized spacial score (nSPS) is 13.6. The average molecular weight is 425 g/mol. The lowest BCUT2D eigenvalue weighted by Crippen LogP contribution is -2.05. The highest BCUT2D eigenvalue weighted by molar-refractivity contribution is 6.07. The third-order valence-corrected chi connectivity index (χ3v) is 6.63. The predicted octanol–water partition coefficient (Wildman–Crippen LogP) is 7.78. The van der Waals surface area contributed by atoms with E-state index in [2.05, 4.69) is 18.2 Å². The van der Waals surface area contributed by atoms with Gasteiger partial charge in [-0.2, -0.15) is 0 Å². The van der Waals surface area contributed by atoms with E-state index in [-0.39, 0.29) is 5.56 Å². The van der Waals surface area contributed by atoms with E-state index < -0.39 is 11.6 Å². The Kier molecular flexibility index (Phi) is 4.35. The van der Waals surface area contributed by atoms with Crippen LogP contribution in [0.15, 0.2) is 65.2 Å². The molecule has 0 saturated heterocycles. The number of aryl methyl sites for hydroxylation is 1. The van der Waals surface area contributed by atoms with Crippen LogP contribution in [0.3, 0.4) is 0 Å². The summed E-state index contributed by atoms with van der Waals surface area (Å²) >= 11 is 0. The zero-order chi connectivity index (χ0) is 21.8. The second-order valence-corrected chi connectivity index (χ2v) is 8.59. The molecule has 0 spiro atoms. The van der Waals surface area contributed by atoms with Crippen molar-refractivity contribution < 1.29 is 13.2 Å². The van der Waals surface area contributed by atoms with Gasteiger partial charge in [0, 0.05) is 28.1 Å². The molecule has 2 heterocycles.